The number of carbonyl (C=O) groups is 1. The predicted octanol–water partition coefficient (Wildman–Crippen LogP) is 2.61. The summed E-state index contributed by atoms with van der Waals surface area (Å²) in [5.41, 5.74) is -0.189. The maximum Gasteiger partial charge on any atom is 0.244 e. The first-order chi connectivity index (χ1) is 8.61. The molecule has 4 heteroatoms. The minimum atomic E-state index is -0.189. The van der Waals surface area contributed by atoms with Crippen molar-refractivity contribution in [1.82, 2.24) is 10.2 Å². The summed E-state index contributed by atoms with van der Waals surface area (Å²) >= 11 is 1.92. The Morgan fingerprint density at radius 2 is 1.94 bits per heavy atom. The highest BCUT2D eigenvalue weighted by molar-refractivity contribution is 8.00. The summed E-state index contributed by atoms with van der Waals surface area (Å²) in [6.07, 6.45) is 8.89. The molecule has 0 radical (unpaired) electrons. The van der Waals surface area contributed by atoms with Crippen molar-refractivity contribution in [2.75, 3.05) is 19.5 Å². The molecule has 0 aromatic heterocycles. The van der Waals surface area contributed by atoms with Crippen molar-refractivity contribution >= 4 is 17.7 Å². The second kappa shape index (κ2) is 5.41. The minimum Gasteiger partial charge on any atom is -0.327 e. The van der Waals surface area contributed by atoms with Crippen LogP contribution in [0.15, 0.2) is 0 Å². The lowest BCUT2D eigenvalue weighted by Crippen LogP contribution is -2.46. The van der Waals surface area contributed by atoms with Crippen LogP contribution in [-0.2, 0) is 4.79 Å². The number of thioether (sulfide) groups is 1. The van der Waals surface area contributed by atoms with Crippen LogP contribution in [0, 0.1) is 0 Å². The maximum absolute atomic E-state index is 12.6. The van der Waals surface area contributed by atoms with Gasteiger partial charge in [-0.05, 0) is 31.9 Å². The van der Waals surface area contributed by atoms with Crippen molar-refractivity contribution in [1.29, 1.82) is 0 Å². The largest absolute Gasteiger partial charge is 0.327 e. The van der Waals surface area contributed by atoms with E-state index in [0.29, 0.717) is 5.91 Å². The Morgan fingerprint density at radius 3 is 2.44 bits per heavy atom. The first-order valence-electron chi connectivity index (χ1n) is 7.21. The molecular formula is C14H26N2OS. The van der Waals surface area contributed by atoms with E-state index in [9.17, 15) is 4.79 Å². The van der Waals surface area contributed by atoms with E-state index in [1.807, 2.05) is 11.8 Å². The van der Waals surface area contributed by atoms with Crippen molar-refractivity contribution in [3.05, 3.63) is 0 Å². The lowest BCUT2D eigenvalue weighted by atomic mass is 9.96. The Balaban J connectivity index is 2.05. The number of rotatable bonds is 5. The fraction of sp³-hybridized carbons (Fsp3) is 0.929. The Bertz CT molecular complexity index is 301. The zero-order chi connectivity index (χ0) is 13.2. The molecule has 1 aliphatic carbocycles. The van der Waals surface area contributed by atoms with E-state index < -0.39 is 0 Å². The number of nitrogens with one attached hydrogen (secondary N) is 1. The lowest BCUT2D eigenvalue weighted by molar-refractivity contribution is -0.132. The quantitative estimate of drug-likeness (QED) is 0.833. The second-order valence-electron chi connectivity index (χ2n) is 5.72. The van der Waals surface area contributed by atoms with E-state index >= 15 is 0 Å². The smallest absolute Gasteiger partial charge is 0.244 e. The van der Waals surface area contributed by atoms with Gasteiger partial charge in [-0.1, -0.05) is 26.7 Å². The van der Waals surface area contributed by atoms with Gasteiger partial charge in [-0.15, -0.1) is 0 Å². The van der Waals surface area contributed by atoms with Gasteiger partial charge in [0, 0.05) is 11.3 Å². The van der Waals surface area contributed by atoms with Crippen LogP contribution in [0.1, 0.15) is 52.4 Å². The minimum absolute atomic E-state index is 0.189. The first kappa shape index (κ1) is 14.2. The highest BCUT2D eigenvalue weighted by atomic mass is 32.2. The molecule has 1 N–H and O–H groups in total. The molecule has 1 heterocycles. The fourth-order valence-electron chi connectivity index (χ4n) is 3.37. The summed E-state index contributed by atoms with van der Waals surface area (Å²) in [6.45, 7) is 6.12. The SMILES string of the molecule is CCC(CC)(CN1CNC2(CCCC2)C1=O)SC. The van der Waals surface area contributed by atoms with E-state index in [0.717, 1.165) is 38.9 Å². The number of nitrogens with zero attached hydrogens (tertiary/aromatic N) is 1. The molecule has 1 saturated heterocycles. The van der Waals surface area contributed by atoms with Crippen LogP contribution in [0.25, 0.3) is 0 Å². The zero-order valence-corrected chi connectivity index (χ0v) is 12.7. The molecule has 1 spiro atoms. The van der Waals surface area contributed by atoms with Crippen LogP contribution in [0.4, 0.5) is 0 Å². The van der Waals surface area contributed by atoms with E-state index in [-0.39, 0.29) is 10.3 Å². The lowest BCUT2D eigenvalue weighted by Gasteiger charge is -2.34. The van der Waals surface area contributed by atoms with Crippen molar-refractivity contribution in [3.63, 3.8) is 0 Å². The maximum atomic E-state index is 12.6. The average molecular weight is 270 g/mol. The molecule has 18 heavy (non-hydrogen) atoms. The Hall–Kier alpha value is -0.220. The molecule has 0 bridgehead atoms. The third-order valence-corrected chi connectivity index (χ3v) is 6.54. The molecule has 0 unspecified atom stereocenters. The van der Waals surface area contributed by atoms with Gasteiger partial charge >= 0.3 is 0 Å². The summed E-state index contributed by atoms with van der Waals surface area (Å²) in [5.74, 6) is 0.361. The van der Waals surface area contributed by atoms with Gasteiger partial charge < -0.3 is 4.90 Å². The molecule has 104 valence electrons. The van der Waals surface area contributed by atoms with Gasteiger partial charge in [0.1, 0.15) is 0 Å². The van der Waals surface area contributed by atoms with Crippen LogP contribution in [0.3, 0.4) is 0 Å². The summed E-state index contributed by atoms with van der Waals surface area (Å²) in [5, 5.41) is 3.49. The number of carbonyl (C=O) groups excluding carboxylic acids is 1. The van der Waals surface area contributed by atoms with Gasteiger partial charge in [-0.25, -0.2) is 0 Å². The van der Waals surface area contributed by atoms with E-state index in [1.54, 1.807) is 0 Å². The van der Waals surface area contributed by atoms with Crippen LogP contribution < -0.4 is 5.32 Å². The molecule has 2 rings (SSSR count). The fourth-order valence-corrected chi connectivity index (χ4v) is 4.23. The standard InChI is InChI=1S/C14H26N2OS/c1-4-13(5-2,18-3)10-16-11-15-14(12(16)17)8-6-7-9-14/h15H,4-11H2,1-3H3. The summed E-state index contributed by atoms with van der Waals surface area (Å²) in [4.78, 5) is 14.7. The summed E-state index contributed by atoms with van der Waals surface area (Å²) in [7, 11) is 0. The molecular weight excluding hydrogens is 244 g/mol. The number of hydrogen-bond acceptors (Lipinski definition) is 3. The molecule has 1 amide bonds. The van der Waals surface area contributed by atoms with Crippen molar-refractivity contribution < 1.29 is 4.79 Å². The first-order valence-corrected chi connectivity index (χ1v) is 8.43. The summed E-state index contributed by atoms with van der Waals surface area (Å²) in [6, 6.07) is 0. The third-order valence-electron chi connectivity index (χ3n) is 4.96. The molecule has 1 aliphatic heterocycles. The molecule has 3 nitrogen and oxygen atoms in total. The second-order valence-corrected chi connectivity index (χ2v) is 7.00. The van der Waals surface area contributed by atoms with Gasteiger partial charge in [0.2, 0.25) is 5.91 Å². The Labute approximate surface area is 115 Å². The van der Waals surface area contributed by atoms with Gasteiger partial charge in [0.05, 0.1) is 12.2 Å². The highest BCUT2D eigenvalue weighted by Gasteiger charge is 2.49. The van der Waals surface area contributed by atoms with Gasteiger partial charge in [-0.3, -0.25) is 10.1 Å². The van der Waals surface area contributed by atoms with E-state index in [2.05, 4.69) is 30.3 Å². The zero-order valence-electron chi connectivity index (χ0n) is 11.9. The van der Waals surface area contributed by atoms with E-state index in [4.69, 9.17) is 0 Å². The Morgan fingerprint density at radius 1 is 1.33 bits per heavy atom. The normalized spacial score (nSPS) is 23.3. The number of amides is 1. The van der Waals surface area contributed by atoms with Crippen molar-refractivity contribution in [3.8, 4) is 0 Å². The van der Waals surface area contributed by atoms with Crippen LogP contribution in [-0.4, -0.2) is 40.6 Å². The van der Waals surface area contributed by atoms with Gasteiger partial charge in [0.25, 0.3) is 0 Å². The molecule has 2 aliphatic rings. The topological polar surface area (TPSA) is 32.3 Å². The van der Waals surface area contributed by atoms with Crippen LogP contribution >= 0.6 is 11.8 Å². The number of hydrogen-bond donors (Lipinski definition) is 1. The molecule has 0 aromatic rings. The Kier molecular flexibility index (Phi) is 4.27. The summed E-state index contributed by atoms with van der Waals surface area (Å²) < 4.78 is 0.238. The highest BCUT2D eigenvalue weighted by Crippen LogP contribution is 2.37. The van der Waals surface area contributed by atoms with Crippen molar-refractivity contribution in [2.45, 2.75) is 62.7 Å². The van der Waals surface area contributed by atoms with Crippen LogP contribution in [0.2, 0.25) is 0 Å². The predicted molar refractivity (Wildman–Crippen MR) is 77.7 cm³/mol. The third kappa shape index (κ3) is 2.29. The van der Waals surface area contributed by atoms with Crippen molar-refractivity contribution in [2.24, 2.45) is 0 Å². The van der Waals surface area contributed by atoms with Gasteiger partial charge in [0.15, 0.2) is 0 Å². The average Bonchev–Trinajstić information content (AvgIpc) is 2.99. The van der Waals surface area contributed by atoms with Crippen LogP contribution in [0.5, 0.6) is 0 Å². The van der Waals surface area contributed by atoms with E-state index in [1.165, 1.54) is 12.8 Å². The molecule has 1 saturated carbocycles. The van der Waals surface area contributed by atoms with Gasteiger partial charge in [-0.2, -0.15) is 11.8 Å². The molecule has 0 aromatic carbocycles. The molecule has 2 fully saturated rings. The monoisotopic (exact) mass is 270 g/mol. The molecule has 0 atom stereocenters.